The molecule has 0 spiro atoms. The van der Waals surface area contributed by atoms with E-state index in [1.807, 2.05) is 34.5 Å². The van der Waals surface area contributed by atoms with E-state index in [1.165, 1.54) is 18.2 Å². The lowest BCUT2D eigenvalue weighted by Gasteiger charge is -2.12. The van der Waals surface area contributed by atoms with Crippen LogP contribution in [0.3, 0.4) is 0 Å². The Labute approximate surface area is 132 Å². The maximum absolute atomic E-state index is 14.3. The number of nitrogens with zero attached hydrogens (tertiary/aromatic N) is 3. The predicted molar refractivity (Wildman–Crippen MR) is 88.0 cm³/mol. The number of para-hydroxylation sites is 1. The third kappa shape index (κ3) is 2.39. The van der Waals surface area contributed by atoms with Gasteiger partial charge in [0.05, 0.1) is 5.69 Å². The maximum Gasteiger partial charge on any atom is 0.164 e. The highest BCUT2D eigenvalue weighted by Gasteiger charge is 2.22. The molecule has 3 heterocycles. The zero-order valence-electron chi connectivity index (χ0n) is 12.1. The van der Waals surface area contributed by atoms with E-state index in [0.717, 1.165) is 29.2 Å². The lowest BCUT2D eigenvalue weighted by atomic mass is 10.0. The number of imidazole rings is 1. The summed E-state index contributed by atoms with van der Waals surface area (Å²) in [5, 5.41) is 0. The third-order valence-corrected chi connectivity index (χ3v) is 5.31. The van der Waals surface area contributed by atoms with Crippen LogP contribution in [0.2, 0.25) is 0 Å². The van der Waals surface area contributed by atoms with Gasteiger partial charge in [0, 0.05) is 12.6 Å². The smallest absolute Gasteiger partial charge is 0.164 e. The van der Waals surface area contributed by atoms with Crippen molar-refractivity contribution in [1.29, 1.82) is 0 Å². The summed E-state index contributed by atoms with van der Waals surface area (Å²) in [4.78, 5) is 9.14. The molecule has 1 unspecified atom stereocenters. The number of benzene rings is 1. The number of aromatic nitrogens is 3. The molecular formula is C17H16FN3S. The van der Waals surface area contributed by atoms with Gasteiger partial charge in [0.1, 0.15) is 17.2 Å². The van der Waals surface area contributed by atoms with Crippen LogP contribution in [0.15, 0.2) is 42.6 Å². The van der Waals surface area contributed by atoms with Gasteiger partial charge in [0.25, 0.3) is 0 Å². The van der Waals surface area contributed by atoms with Crippen LogP contribution >= 0.6 is 11.8 Å². The summed E-state index contributed by atoms with van der Waals surface area (Å²) >= 11 is 1.99. The van der Waals surface area contributed by atoms with E-state index in [2.05, 4.69) is 4.98 Å². The average Bonchev–Trinajstić information content (AvgIpc) is 3.16. The van der Waals surface area contributed by atoms with Gasteiger partial charge < -0.3 is 0 Å². The number of fused-ring (bicyclic) bond motifs is 1. The van der Waals surface area contributed by atoms with Crippen LogP contribution in [0.1, 0.15) is 12.2 Å². The molecule has 1 aliphatic heterocycles. The highest BCUT2D eigenvalue weighted by molar-refractivity contribution is 7.99. The minimum Gasteiger partial charge on any atom is -0.278 e. The fourth-order valence-corrected chi connectivity index (χ4v) is 4.27. The van der Waals surface area contributed by atoms with E-state index in [1.54, 1.807) is 18.3 Å². The van der Waals surface area contributed by atoms with E-state index in [0.29, 0.717) is 11.6 Å². The first-order valence-electron chi connectivity index (χ1n) is 7.48. The molecule has 0 radical (unpaired) electrons. The molecule has 1 saturated heterocycles. The highest BCUT2D eigenvalue weighted by atomic mass is 32.2. The van der Waals surface area contributed by atoms with Crippen LogP contribution in [0.4, 0.5) is 4.39 Å². The molecule has 0 saturated carbocycles. The molecule has 0 bridgehead atoms. The number of rotatable bonds is 3. The first-order chi connectivity index (χ1) is 10.8. The van der Waals surface area contributed by atoms with Gasteiger partial charge in [-0.15, -0.1) is 0 Å². The van der Waals surface area contributed by atoms with Crippen molar-refractivity contribution in [3.05, 3.63) is 54.2 Å². The fraction of sp³-hybridized carbons (Fsp3) is 0.294. The predicted octanol–water partition coefficient (Wildman–Crippen LogP) is 3.86. The Kier molecular flexibility index (Phi) is 3.58. The zero-order chi connectivity index (χ0) is 14.9. The largest absolute Gasteiger partial charge is 0.278 e. The normalized spacial score (nSPS) is 18.1. The first-order valence-corrected chi connectivity index (χ1v) is 8.63. The van der Waals surface area contributed by atoms with Crippen molar-refractivity contribution in [2.45, 2.75) is 12.8 Å². The Morgan fingerprint density at radius 2 is 2.14 bits per heavy atom. The molecule has 5 heteroatoms. The van der Waals surface area contributed by atoms with E-state index in [4.69, 9.17) is 4.98 Å². The average molecular weight is 313 g/mol. The molecule has 0 aliphatic carbocycles. The Bertz CT molecular complexity index is 809. The van der Waals surface area contributed by atoms with Crippen molar-refractivity contribution in [2.24, 2.45) is 5.92 Å². The minimum absolute atomic E-state index is 0.241. The molecule has 1 fully saturated rings. The third-order valence-electron chi connectivity index (χ3n) is 4.07. The summed E-state index contributed by atoms with van der Waals surface area (Å²) in [5.74, 6) is 3.66. The second kappa shape index (κ2) is 5.72. The van der Waals surface area contributed by atoms with Crippen LogP contribution in [-0.2, 0) is 6.42 Å². The van der Waals surface area contributed by atoms with Gasteiger partial charge in [-0.25, -0.2) is 14.4 Å². The van der Waals surface area contributed by atoms with Crippen LogP contribution in [0, 0.1) is 11.7 Å². The molecule has 22 heavy (non-hydrogen) atoms. The minimum atomic E-state index is -0.241. The van der Waals surface area contributed by atoms with E-state index >= 15 is 0 Å². The van der Waals surface area contributed by atoms with Crippen LogP contribution < -0.4 is 0 Å². The molecule has 1 aromatic carbocycles. The monoisotopic (exact) mass is 313 g/mol. The van der Waals surface area contributed by atoms with Crippen LogP contribution in [-0.4, -0.2) is 26.0 Å². The molecule has 112 valence electrons. The summed E-state index contributed by atoms with van der Waals surface area (Å²) in [6.07, 6.45) is 3.81. The van der Waals surface area contributed by atoms with Gasteiger partial charge in [-0.05, 0) is 48.1 Å². The summed E-state index contributed by atoms with van der Waals surface area (Å²) in [7, 11) is 0. The summed E-state index contributed by atoms with van der Waals surface area (Å²) in [6.45, 7) is 0. The van der Waals surface area contributed by atoms with Crippen molar-refractivity contribution < 1.29 is 4.39 Å². The van der Waals surface area contributed by atoms with Crippen molar-refractivity contribution in [1.82, 2.24) is 14.5 Å². The van der Waals surface area contributed by atoms with Gasteiger partial charge in [-0.2, -0.15) is 11.8 Å². The topological polar surface area (TPSA) is 30.7 Å². The van der Waals surface area contributed by atoms with Crippen molar-refractivity contribution in [3.63, 3.8) is 0 Å². The van der Waals surface area contributed by atoms with Gasteiger partial charge in [-0.1, -0.05) is 12.1 Å². The fourth-order valence-electron chi connectivity index (χ4n) is 2.98. The number of halogens is 1. The van der Waals surface area contributed by atoms with E-state index in [-0.39, 0.29) is 5.82 Å². The molecule has 2 aromatic heterocycles. The molecule has 0 N–H and O–H groups in total. The van der Waals surface area contributed by atoms with Gasteiger partial charge in [0.2, 0.25) is 0 Å². The molecule has 1 aliphatic rings. The van der Waals surface area contributed by atoms with Crippen molar-refractivity contribution >= 4 is 22.9 Å². The highest BCUT2D eigenvalue weighted by Crippen LogP contribution is 2.29. The quantitative estimate of drug-likeness (QED) is 0.736. The van der Waals surface area contributed by atoms with Gasteiger partial charge in [-0.3, -0.25) is 4.57 Å². The Morgan fingerprint density at radius 3 is 2.95 bits per heavy atom. The number of hydrogen-bond acceptors (Lipinski definition) is 3. The van der Waals surface area contributed by atoms with E-state index in [9.17, 15) is 4.39 Å². The van der Waals surface area contributed by atoms with Crippen molar-refractivity contribution in [3.8, 4) is 5.69 Å². The summed E-state index contributed by atoms with van der Waals surface area (Å²) < 4.78 is 16.2. The Balaban J connectivity index is 1.88. The molecule has 4 rings (SSSR count). The molecule has 1 atom stereocenters. The zero-order valence-corrected chi connectivity index (χ0v) is 12.9. The second-order valence-corrected chi connectivity index (χ2v) is 6.74. The van der Waals surface area contributed by atoms with Gasteiger partial charge >= 0.3 is 0 Å². The number of thioether (sulfide) groups is 1. The number of hydrogen-bond donors (Lipinski definition) is 0. The maximum atomic E-state index is 14.3. The second-order valence-electron chi connectivity index (χ2n) is 5.59. The van der Waals surface area contributed by atoms with E-state index < -0.39 is 0 Å². The Morgan fingerprint density at radius 1 is 1.23 bits per heavy atom. The number of pyridine rings is 1. The lowest BCUT2D eigenvalue weighted by Crippen LogP contribution is -2.10. The summed E-state index contributed by atoms with van der Waals surface area (Å²) in [6, 6.07) is 10.6. The van der Waals surface area contributed by atoms with Crippen LogP contribution in [0.5, 0.6) is 0 Å². The van der Waals surface area contributed by atoms with Crippen molar-refractivity contribution in [2.75, 3.05) is 11.5 Å². The first kappa shape index (κ1) is 13.8. The molecule has 3 nitrogen and oxygen atoms in total. The standard InChI is InChI=1S/C17H16FN3S/c18-13-4-1-2-6-15(13)21-16(10-12-7-9-22-11-12)20-14-5-3-8-19-17(14)21/h1-6,8,12H,7,9-11H2. The molecule has 0 amide bonds. The molecule has 3 aromatic rings. The SMILES string of the molecule is Fc1ccccc1-n1c(CC2CCSC2)nc2cccnc21. The summed E-state index contributed by atoms with van der Waals surface area (Å²) in [5.41, 5.74) is 2.09. The lowest BCUT2D eigenvalue weighted by molar-refractivity contribution is 0.566. The Hall–Kier alpha value is -1.88. The van der Waals surface area contributed by atoms with Crippen LogP contribution in [0.25, 0.3) is 16.9 Å². The molecular weight excluding hydrogens is 297 g/mol. The van der Waals surface area contributed by atoms with Gasteiger partial charge in [0.15, 0.2) is 5.65 Å².